The Balaban J connectivity index is 1.39. The van der Waals surface area contributed by atoms with Crippen LogP contribution in [0.1, 0.15) is 86.7 Å². The number of carbonyl (C=O) groups is 6. The van der Waals surface area contributed by atoms with Crippen LogP contribution < -0.4 is 5.32 Å². The number of nitrogens with one attached hydrogen (secondary N) is 1. The number of rotatable bonds is 10. The lowest BCUT2D eigenvalue weighted by atomic mass is 9.44. The van der Waals surface area contributed by atoms with Crippen molar-refractivity contribution in [2.24, 2.45) is 16.7 Å². The van der Waals surface area contributed by atoms with Gasteiger partial charge in [0.2, 0.25) is 0 Å². The number of carbonyl (C=O) groups excluding carboxylic acids is 6. The number of fused-ring (bicyclic) bond motifs is 5. The van der Waals surface area contributed by atoms with Gasteiger partial charge in [-0.05, 0) is 54.8 Å². The van der Waals surface area contributed by atoms with Crippen molar-refractivity contribution in [2.75, 3.05) is 6.61 Å². The zero-order valence-electron chi connectivity index (χ0n) is 35.2. The molecular formula is C47H51NO14. The van der Waals surface area contributed by atoms with Crippen LogP contribution in [0.3, 0.4) is 0 Å². The summed E-state index contributed by atoms with van der Waals surface area (Å²) in [6, 6.07) is 22.9. The Kier molecular flexibility index (Phi) is 11.8. The average Bonchev–Trinajstić information content (AvgIpc) is 3.24. The minimum atomic E-state index is -2.39. The van der Waals surface area contributed by atoms with Crippen molar-refractivity contribution in [1.29, 1.82) is 0 Å². The zero-order chi connectivity index (χ0) is 44.9. The quantitative estimate of drug-likeness (QED) is 0.130. The van der Waals surface area contributed by atoms with Gasteiger partial charge in [-0.25, -0.2) is 9.59 Å². The predicted molar refractivity (Wildman–Crippen MR) is 218 cm³/mol. The smallest absolute Gasteiger partial charge is 0.338 e. The van der Waals surface area contributed by atoms with E-state index in [4.69, 9.17) is 23.7 Å². The first kappa shape index (κ1) is 44.3. The standard InChI is InChI=1S/C47H51NO14/c1-25-31(60-43(56)36(52)35(28-16-10-7-11-17-28)48-41(54)29-18-12-8-13-19-29)23-47(57)40(61-42(55)30-20-14-9-15-21-30)38-45(6,32(51)22-33-46(38,24-58-33)62-27(3)50)39(53)37(59-26(2)49)34(25)44(47,4)5/h7-21,31-33,35-38,40,51-52,57H,22-24H2,1-6H3,(H,48,54)/t31-,32+,33-,35+,36-,37-,38+,40?,45-,46+,47-/m1/s1. The lowest BCUT2D eigenvalue weighted by Gasteiger charge is -2.67. The predicted octanol–water partition coefficient (Wildman–Crippen LogP) is 3.74. The number of amides is 1. The third kappa shape index (κ3) is 7.29. The fourth-order valence-corrected chi connectivity index (χ4v) is 10.2. The molecular weight excluding hydrogens is 803 g/mol. The van der Waals surface area contributed by atoms with Crippen LogP contribution in [-0.4, -0.2) is 105 Å². The number of hydrogen-bond donors (Lipinski definition) is 4. The average molecular weight is 854 g/mol. The molecule has 3 aliphatic carbocycles. The van der Waals surface area contributed by atoms with Crippen molar-refractivity contribution >= 4 is 35.6 Å². The molecule has 11 atom stereocenters. The molecule has 4 N–H and O–H groups in total. The molecule has 15 heteroatoms. The van der Waals surface area contributed by atoms with E-state index in [0.717, 1.165) is 13.8 Å². The Labute approximate surface area is 358 Å². The maximum atomic E-state index is 15.5. The summed E-state index contributed by atoms with van der Waals surface area (Å²) in [5, 5.41) is 40.2. The molecule has 328 valence electrons. The van der Waals surface area contributed by atoms with Crippen LogP contribution >= 0.6 is 0 Å². The molecule has 1 amide bonds. The van der Waals surface area contributed by atoms with Crippen LogP contribution in [0.25, 0.3) is 0 Å². The van der Waals surface area contributed by atoms with E-state index in [2.05, 4.69) is 5.32 Å². The molecule has 1 unspecified atom stereocenters. The normalized spacial score (nSPS) is 31.9. The van der Waals surface area contributed by atoms with Crippen molar-refractivity contribution in [3.63, 3.8) is 0 Å². The van der Waals surface area contributed by atoms with Crippen molar-refractivity contribution in [3.05, 3.63) is 119 Å². The van der Waals surface area contributed by atoms with E-state index in [-0.39, 0.29) is 35.3 Å². The van der Waals surface area contributed by atoms with Crippen LogP contribution in [0.2, 0.25) is 0 Å². The van der Waals surface area contributed by atoms with Crippen molar-refractivity contribution in [1.82, 2.24) is 5.32 Å². The number of esters is 4. The fraction of sp³-hybridized carbons (Fsp3) is 0.447. The SMILES string of the molecule is CC(=O)O[C@H]1C(=O)[C@@]2(C)[C@H](C(OC(=O)c3ccccc3)[C@]3(O)C[C@@H](OC(=O)[C@H](O)[C@@H](NC(=O)c4ccccc4)c4ccccc4)C(C)=C1C3(C)C)[C@]1(OC(C)=O)CO[C@@H]1C[C@@H]2O. The van der Waals surface area contributed by atoms with E-state index in [1.807, 2.05) is 0 Å². The number of aliphatic hydroxyl groups excluding tert-OH is 2. The maximum Gasteiger partial charge on any atom is 0.338 e. The first-order valence-electron chi connectivity index (χ1n) is 20.5. The molecule has 3 aromatic carbocycles. The Morgan fingerprint density at radius 2 is 1.40 bits per heavy atom. The Bertz CT molecular complexity index is 2280. The number of benzene rings is 3. The molecule has 3 aromatic rings. The van der Waals surface area contributed by atoms with E-state index >= 15 is 4.79 Å². The molecule has 0 radical (unpaired) electrons. The van der Waals surface area contributed by atoms with E-state index in [1.165, 1.54) is 26.0 Å². The van der Waals surface area contributed by atoms with Crippen molar-refractivity contribution < 1.29 is 67.8 Å². The fourth-order valence-electron chi connectivity index (χ4n) is 10.2. The molecule has 3 fully saturated rings. The van der Waals surface area contributed by atoms with Gasteiger partial charge in [0, 0.05) is 37.7 Å². The van der Waals surface area contributed by atoms with E-state index in [9.17, 15) is 39.3 Å². The summed E-state index contributed by atoms with van der Waals surface area (Å²) in [6.45, 7) is 7.97. The molecule has 1 saturated heterocycles. The highest BCUT2D eigenvalue weighted by atomic mass is 16.6. The highest BCUT2D eigenvalue weighted by Gasteiger charge is 2.78. The first-order valence-corrected chi connectivity index (χ1v) is 20.5. The van der Waals surface area contributed by atoms with Crippen LogP contribution in [0.15, 0.2) is 102 Å². The number of ketones is 1. The molecule has 0 spiro atoms. The molecule has 7 rings (SSSR count). The van der Waals surface area contributed by atoms with Gasteiger partial charge in [-0.15, -0.1) is 0 Å². The zero-order valence-corrected chi connectivity index (χ0v) is 35.2. The molecule has 4 aliphatic rings. The summed E-state index contributed by atoms with van der Waals surface area (Å²) >= 11 is 0. The van der Waals surface area contributed by atoms with Gasteiger partial charge in [0.1, 0.15) is 23.9 Å². The lowest BCUT2D eigenvalue weighted by molar-refractivity contribution is -0.346. The monoisotopic (exact) mass is 853 g/mol. The summed E-state index contributed by atoms with van der Waals surface area (Å²) < 4.78 is 30.3. The van der Waals surface area contributed by atoms with E-state index in [0.29, 0.717) is 5.56 Å². The first-order chi connectivity index (χ1) is 29.3. The second-order valence-corrected chi connectivity index (χ2v) is 17.4. The van der Waals surface area contributed by atoms with Gasteiger partial charge >= 0.3 is 23.9 Å². The molecule has 2 bridgehead atoms. The molecule has 1 heterocycles. The summed E-state index contributed by atoms with van der Waals surface area (Å²) in [5.41, 5.74) is -7.02. The van der Waals surface area contributed by atoms with E-state index in [1.54, 1.807) is 92.7 Å². The summed E-state index contributed by atoms with van der Waals surface area (Å²) in [7, 11) is 0. The molecule has 1 aliphatic heterocycles. The number of hydrogen-bond acceptors (Lipinski definition) is 14. The highest BCUT2D eigenvalue weighted by Crippen LogP contribution is 2.64. The van der Waals surface area contributed by atoms with Crippen LogP contribution in [0.4, 0.5) is 0 Å². The summed E-state index contributed by atoms with van der Waals surface area (Å²) in [4.78, 5) is 83.5. The minimum absolute atomic E-state index is 0.00289. The van der Waals surface area contributed by atoms with Crippen molar-refractivity contribution in [3.8, 4) is 0 Å². The minimum Gasteiger partial charge on any atom is -0.456 e. The molecule has 2 saturated carbocycles. The second kappa shape index (κ2) is 16.5. The molecule has 15 nitrogen and oxygen atoms in total. The van der Waals surface area contributed by atoms with Gasteiger partial charge in [0.25, 0.3) is 5.91 Å². The molecule has 62 heavy (non-hydrogen) atoms. The Morgan fingerprint density at radius 3 is 1.95 bits per heavy atom. The van der Waals surface area contributed by atoms with E-state index < -0.39 is 113 Å². The van der Waals surface area contributed by atoms with Crippen molar-refractivity contribution in [2.45, 2.75) is 108 Å². The summed E-state index contributed by atoms with van der Waals surface area (Å²) in [6.07, 6.45) is -10.5. The number of Topliss-reactive ketones (excluding diaryl/α,β-unsaturated/α-hetero) is 1. The molecule has 0 aromatic heterocycles. The van der Waals surface area contributed by atoms with Crippen LogP contribution in [-0.2, 0) is 42.9 Å². The van der Waals surface area contributed by atoms with Gasteiger partial charge in [-0.1, -0.05) is 80.6 Å². The Morgan fingerprint density at radius 1 is 0.823 bits per heavy atom. The number of aliphatic hydroxyl groups is 3. The van der Waals surface area contributed by atoms with Gasteiger partial charge in [0.15, 0.2) is 23.6 Å². The van der Waals surface area contributed by atoms with Gasteiger partial charge in [0.05, 0.1) is 35.6 Å². The maximum absolute atomic E-state index is 15.5. The topological polar surface area (TPSA) is 221 Å². The third-order valence-corrected chi connectivity index (χ3v) is 13.5. The second-order valence-electron chi connectivity index (χ2n) is 17.4. The van der Waals surface area contributed by atoms with Crippen LogP contribution in [0.5, 0.6) is 0 Å². The van der Waals surface area contributed by atoms with Crippen LogP contribution in [0, 0.1) is 16.7 Å². The highest BCUT2D eigenvalue weighted by molar-refractivity contribution is 5.96. The number of ether oxygens (including phenoxy) is 5. The lowest BCUT2D eigenvalue weighted by Crippen LogP contribution is -2.82. The largest absolute Gasteiger partial charge is 0.456 e. The third-order valence-electron chi connectivity index (χ3n) is 13.5. The van der Waals surface area contributed by atoms with Gasteiger partial charge < -0.3 is 44.3 Å². The van der Waals surface area contributed by atoms with Gasteiger partial charge in [-0.2, -0.15) is 0 Å². The Hall–Kier alpha value is -5.74. The van der Waals surface area contributed by atoms with Gasteiger partial charge in [-0.3, -0.25) is 19.2 Å². The summed E-state index contributed by atoms with van der Waals surface area (Å²) in [5.74, 6) is -6.84.